The minimum atomic E-state index is -0.509. The monoisotopic (exact) mass is 334 g/mol. The molecule has 9 heteroatoms. The number of rotatable bonds is 4. The number of hydrogen-bond donors (Lipinski definition) is 0. The summed E-state index contributed by atoms with van der Waals surface area (Å²) in [4.78, 5) is 14.0. The van der Waals surface area contributed by atoms with Gasteiger partial charge in [0.25, 0.3) is 10.9 Å². The summed E-state index contributed by atoms with van der Waals surface area (Å²) in [5.41, 5.74) is 0.637. The molecule has 0 saturated heterocycles. The highest BCUT2D eigenvalue weighted by Crippen LogP contribution is 2.29. The number of nitrogens with zero attached hydrogens (tertiary/aromatic N) is 4. The molecule has 110 valence electrons. The van der Waals surface area contributed by atoms with Crippen LogP contribution in [0.15, 0.2) is 57.3 Å². The van der Waals surface area contributed by atoms with Crippen molar-refractivity contribution >= 4 is 29.1 Å². The summed E-state index contributed by atoms with van der Waals surface area (Å²) in [6.07, 6.45) is 1.18. The van der Waals surface area contributed by atoms with Gasteiger partial charge >= 0.3 is 0 Å². The van der Waals surface area contributed by atoms with Gasteiger partial charge in [-0.3, -0.25) is 10.1 Å². The maximum atomic E-state index is 10.6. The highest BCUT2D eigenvalue weighted by molar-refractivity contribution is 7.99. The van der Waals surface area contributed by atoms with Crippen LogP contribution in [0.1, 0.15) is 0 Å². The smallest absolute Gasteiger partial charge is 0.287 e. The quantitative estimate of drug-likeness (QED) is 0.528. The molecular formula is C13H7ClN4O3S. The van der Waals surface area contributed by atoms with Crippen LogP contribution in [-0.2, 0) is 0 Å². The second kappa shape index (κ2) is 6.12. The Morgan fingerprint density at radius 3 is 2.77 bits per heavy atom. The first kappa shape index (κ1) is 14.5. The Kier molecular flexibility index (Phi) is 4.03. The summed E-state index contributed by atoms with van der Waals surface area (Å²) in [6, 6.07) is 9.94. The van der Waals surface area contributed by atoms with Crippen LogP contribution in [0.4, 0.5) is 5.69 Å². The van der Waals surface area contributed by atoms with Crippen molar-refractivity contribution in [3.8, 4) is 11.5 Å². The molecule has 7 nitrogen and oxygen atoms in total. The van der Waals surface area contributed by atoms with E-state index >= 15 is 0 Å². The van der Waals surface area contributed by atoms with Gasteiger partial charge in [0.15, 0.2) is 0 Å². The first-order valence-electron chi connectivity index (χ1n) is 5.99. The van der Waals surface area contributed by atoms with Crippen LogP contribution in [0.2, 0.25) is 5.02 Å². The van der Waals surface area contributed by atoms with Gasteiger partial charge in [-0.2, -0.15) is 0 Å². The molecule has 3 aromatic rings. The summed E-state index contributed by atoms with van der Waals surface area (Å²) in [5.74, 6) is 0.340. The van der Waals surface area contributed by atoms with E-state index in [0.29, 0.717) is 21.5 Å². The number of halogens is 1. The third-order valence-electron chi connectivity index (χ3n) is 2.60. The molecule has 0 amide bonds. The highest BCUT2D eigenvalue weighted by Gasteiger charge is 2.12. The number of nitro groups is 1. The van der Waals surface area contributed by atoms with E-state index in [1.54, 1.807) is 24.3 Å². The maximum Gasteiger partial charge on any atom is 0.287 e. The van der Waals surface area contributed by atoms with Crippen molar-refractivity contribution in [1.82, 2.24) is 15.2 Å². The fraction of sp³-hybridized carbons (Fsp3) is 0. The lowest BCUT2D eigenvalue weighted by atomic mass is 10.2. The fourth-order valence-electron chi connectivity index (χ4n) is 1.62. The Bertz CT molecular complexity index is 822. The number of hydrogen-bond acceptors (Lipinski definition) is 7. The molecule has 1 aromatic carbocycles. The first-order chi connectivity index (χ1) is 10.6. The molecule has 0 spiro atoms. The van der Waals surface area contributed by atoms with E-state index in [0.717, 1.165) is 11.8 Å². The van der Waals surface area contributed by atoms with Crippen LogP contribution in [0, 0.1) is 10.1 Å². The van der Waals surface area contributed by atoms with Gasteiger partial charge in [-0.1, -0.05) is 17.7 Å². The molecule has 0 atom stereocenters. The van der Waals surface area contributed by atoms with Crippen molar-refractivity contribution in [3.63, 3.8) is 0 Å². The van der Waals surface area contributed by atoms with Crippen molar-refractivity contribution in [1.29, 1.82) is 0 Å². The van der Waals surface area contributed by atoms with Crippen LogP contribution in [0.25, 0.3) is 11.5 Å². The minimum Gasteiger partial charge on any atom is -0.411 e. The first-order valence-corrected chi connectivity index (χ1v) is 7.19. The minimum absolute atomic E-state index is 0.0745. The molecule has 0 bridgehead atoms. The fourth-order valence-corrected chi connectivity index (χ4v) is 2.43. The van der Waals surface area contributed by atoms with E-state index < -0.39 is 4.92 Å². The van der Waals surface area contributed by atoms with Crippen LogP contribution in [-0.4, -0.2) is 20.1 Å². The molecule has 2 heterocycles. The Hall–Kier alpha value is -2.45. The number of aromatic nitrogens is 3. The van der Waals surface area contributed by atoms with Gasteiger partial charge in [-0.15, -0.1) is 10.2 Å². The van der Waals surface area contributed by atoms with Gasteiger partial charge in [-0.25, -0.2) is 4.98 Å². The summed E-state index contributed by atoms with van der Waals surface area (Å²) in [7, 11) is 0. The number of benzene rings is 1. The van der Waals surface area contributed by atoms with E-state index in [-0.39, 0.29) is 10.9 Å². The molecule has 0 radical (unpaired) electrons. The molecule has 0 aliphatic carbocycles. The highest BCUT2D eigenvalue weighted by atomic mass is 35.5. The van der Waals surface area contributed by atoms with E-state index in [1.807, 2.05) is 0 Å². The zero-order valence-electron chi connectivity index (χ0n) is 10.8. The Labute approximate surface area is 133 Å². The zero-order chi connectivity index (χ0) is 15.5. The second-order valence-corrected chi connectivity index (χ2v) is 5.51. The van der Waals surface area contributed by atoms with E-state index in [2.05, 4.69) is 15.2 Å². The van der Waals surface area contributed by atoms with Gasteiger partial charge in [0.1, 0.15) is 11.2 Å². The SMILES string of the molecule is O=[N+]([O-])c1ccc(Sc2nnc(-c3cccc(Cl)c3)o2)nc1. The van der Waals surface area contributed by atoms with E-state index in [9.17, 15) is 10.1 Å². The largest absolute Gasteiger partial charge is 0.411 e. The molecule has 0 saturated carbocycles. The second-order valence-electron chi connectivity index (χ2n) is 4.10. The van der Waals surface area contributed by atoms with Crippen LogP contribution in [0.3, 0.4) is 0 Å². The molecule has 2 aromatic heterocycles. The third kappa shape index (κ3) is 3.23. The lowest BCUT2D eigenvalue weighted by molar-refractivity contribution is -0.385. The summed E-state index contributed by atoms with van der Waals surface area (Å²) in [6.45, 7) is 0. The lowest BCUT2D eigenvalue weighted by Gasteiger charge is -1.96. The van der Waals surface area contributed by atoms with Crippen molar-refractivity contribution in [2.45, 2.75) is 10.2 Å². The molecular weight excluding hydrogens is 328 g/mol. The molecule has 3 rings (SSSR count). The van der Waals surface area contributed by atoms with Crippen molar-refractivity contribution < 1.29 is 9.34 Å². The average Bonchev–Trinajstić information content (AvgIpc) is 2.96. The normalized spacial score (nSPS) is 10.6. The third-order valence-corrected chi connectivity index (χ3v) is 3.63. The van der Waals surface area contributed by atoms with Crippen LogP contribution in [0.5, 0.6) is 0 Å². The number of pyridine rings is 1. The van der Waals surface area contributed by atoms with Crippen LogP contribution >= 0.6 is 23.4 Å². The van der Waals surface area contributed by atoms with Gasteiger partial charge in [0.05, 0.1) is 4.92 Å². The molecule has 22 heavy (non-hydrogen) atoms. The van der Waals surface area contributed by atoms with Gasteiger partial charge in [-0.05, 0) is 36.0 Å². The molecule has 0 fully saturated rings. The Morgan fingerprint density at radius 2 is 2.09 bits per heavy atom. The van der Waals surface area contributed by atoms with Crippen LogP contribution < -0.4 is 0 Å². The van der Waals surface area contributed by atoms with E-state index in [4.69, 9.17) is 16.0 Å². The summed E-state index contributed by atoms with van der Waals surface area (Å²) >= 11 is 7.03. The van der Waals surface area contributed by atoms with Crippen molar-refractivity contribution in [3.05, 3.63) is 57.7 Å². The molecule has 0 unspecified atom stereocenters. The van der Waals surface area contributed by atoms with Crippen molar-refractivity contribution in [2.24, 2.45) is 0 Å². The molecule has 0 aliphatic rings. The molecule has 0 aliphatic heterocycles. The van der Waals surface area contributed by atoms with Gasteiger partial charge < -0.3 is 4.42 Å². The summed E-state index contributed by atoms with van der Waals surface area (Å²) < 4.78 is 5.51. The van der Waals surface area contributed by atoms with Gasteiger partial charge in [0, 0.05) is 16.7 Å². The Balaban J connectivity index is 1.78. The summed E-state index contributed by atoms with van der Waals surface area (Å²) in [5, 5.41) is 19.8. The predicted molar refractivity (Wildman–Crippen MR) is 79.8 cm³/mol. The standard InChI is InChI=1S/C13H7ClN4O3S/c14-9-3-1-2-8(6-9)12-16-17-13(21-12)22-11-5-4-10(7-15-11)18(19)20/h1-7H. The van der Waals surface area contributed by atoms with Gasteiger partial charge in [0.2, 0.25) is 5.89 Å². The maximum absolute atomic E-state index is 10.6. The predicted octanol–water partition coefficient (Wildman–Crippen LogP) is 3.84. The zero-order valence-corrected chi connectivity index (χ0v) is 12.4. The molecule has 0 N–H and O–H groups in total. The topological polar surface area (TPSA) is 95.0 Å². The lowest BCUT2D eigenvalue weighted by Crippen LogP contribution is -1.89. The Morgan fingerprint density at radius 1 is 1.23 bits per heavy atom. The van der Waals surface area contributed by atoms with E-state index in [1.165, 1.54) is 18.3 Å². The van der Waals surface area contributed by atoms with Crippen molar-refractivity contribution in [2.75, 3.05) is 0 Å². The average molecular weight is 335 g/mol.